The number of rotatable bonds is 4. The maximum atomic E-state index is 5.68. The fourth-order valence-electron chi connectivity index (χ4n) is 1.88. The number of benzene rings is 1. The highest BCUT2D eigenvalue weighted by molar-refractivity contribution is 5.20. The fraction of sp³-hybridized carbons (Fsp3) is 0.538. The molecule has 1 aromatic rings. The monoisotopic (exact) mass is 290 g/mol. The van der Waals surface area contributed by atoms with Gasteiger partial charge in [0.15, 0.2) is 0 Å². The lowest BCUT2D eigenvalue weighted by Gasteiger charge is -2.32. The minimum atomic E-state index is 0. The van der Waals surface area contributed by atoms with E-state index >= 15 is 0 Å². The number of likely N-dealkylation sites (N-methyl/N-ethyl adjacent to an activating group) is 1. The number of piperazine rings is 1. The first-order valence-corrected chi connectivity index (χ1v) is 5.93. The van der Waals surface area contributed by atoms with Crippen molar-refractivity contribution in [3.63, 3.8) is 0 Å². The molecule has 1 fully saturated rings. The van der Waals surface area contributed by atoms with Gasteiger partial charge < -0.3 is 34.5 Å². The van der Waals surface area contributed by atoms with E-state index in [1.165, 1.54) is 13.1 Å². The Morgan fingerprint density at radius 2 is 1.61 bits per heavy atom. The summed E-state index contributed by atoms with van der Waals surface area (Å²) in [5.41, 5.74) is 0. The molecule has 0 saturated carbocycles. The Bertz CT molecular complexity index is 303. The highest BCUT2D eigenvalue weighted by Gasteiger charge is 2.12. The molecular weight excluding hydrogens is 271 g/mol. The average molecular weight is 291 g/mol. The average Bonchev–Trinajstić information content (AvgIpc) is 2.33. The zero-order valence-electron chi connectivity index (χ0n) is 10.7. The highest BCUT2D eigenvalue weighted by Crippen LogP contribution is 2.08. The van der Waals surface area contributed by atoms with E-state index in [0.717, 1.165) is 32.0 Å². The van der Waals surface area contributed by atoms with Crippen LogP contribution in [0.1, 0.15) is 0 Å². The molecule has 0 N–H and O–H groups in total. The molecule has 104 valence electrons. The minimum absolute atomic E-state index is 0. The topological polar surface area (TPSA) is 15.7 Å². The largest absolute Gasteiger partial charge is 1.00 e. The van der Waals surface area contributed by atoms with Gasteiger partial charge >= 0.3 is 0 Å². The van der Waals surface area contributed by atoms with Crippen LogP contribution in [0.4, 0.5) is 0 Å². The van der Waals surface area contributed by atoms with Crippen LogP contribution in [0.5, 0.6) is 5.75 Å². The fourth-order valence-corrected chi connectivity index (χ4v) is 1.88. The van der Waals surface area contributed by atoms with Gasteiger partial charge in [0.25, 0.3) is 0 Å². The van der Waals surface area contributed by atoms with Gasteiger partial charge in [-0.15, -0.1) is 0 Å². The van der Waals surface area contributed by atoms with Gasteiger partial charge in [0, 0.05) is 32.7 Å². The lowest BCUT2D eigenvalue weighted by molar-refractivity contribution is -0.001000. The molecule has 1 aliphatic rings. The second-order valence-corrected chi connectivity index (χ2v) is 4.31. The van der Waals surface area contributed by atoms with E-state index < -0.39 is 0 Å². The van der Waals surface area contributed by atoms with Crippen LogP contribution >= 0.6 is 0 Å². The lowest BCUT2D eigenvalue weighted by Crippen LogP contribution is -3.00. The predicted octanol–water partition coefficient (Wildman–Crippen LogP) is -4.68. The van der Waals surface area contributed by atoms with Gasteiger partial charge in [-0.2, -0.15) is 0 Å². The second kappa shape index (κ2) is 9.45. The van der Waals surface area contributed by atoms with Crippen molar-refractivity contribution in [1.29, 1.82) is 0 Å². The third kappa shape index (κ3) is 5.91. The number of hydrogen-bond acceptors (Lipinski definition) is 3. The molecule has 0 aliphatic carbocycles. The summed E-state index contributed by atoms with van der Waals surface area (Å²) in [6, 6.07) is 10.0. The smallest absolute Gasteiger partial charge is 0.119 e. The quantitative estimate of drug-likeness (QED) is 0.555. The molecular formula is C13H20Cl2N2O-2. The van der Waals surface area contributed by atoms with Crippen molar-refractivity contribution >= 4 is 0 Å². The van der Waals surface area contributed by atoms with Gasteiger partial charge in [-0.05, 0) is 19.2 Å². The van der Waals surface area contributed by atoms with E-state index in [1.54, 1.807) is 0 Å². The van der Waals surface area contributed by atoms with E-state index in [0.29, 0.717) is 0 Å². The third-order valence-corrected chi connectivity index (χ3v) is 3.02. The summed E-state index contributed by atoms with van der Waals surface area (Å²) >= 11 is 0. The van der Waals surface area contributed by atoms with Gasteiger partial charge in [-0.3, -0.25) is 4.90 Å². The van der Waals surface area contributed by atoms with Crippen molar-refractivity contribution in [2.24, 2.45) is 0 Å². The molecule has 2 rings (SSSR count). The molecule has 3 nitrogen and oxygen atoms in total. The minimum Gasteiger partial charge on any atom is -1.00 e. The van der Waals surface area contributed by atoms with Gasteiger partial charge in [-0.25, -0.2) is 0 Å². The van der Waals surface area contributed by atoms with Crippen LogP contribution in [0.2, 0.25) is 0 Å². The predicted molar refractivity (Wildman–Crippen MR) is 65.9 cm³/mol. The molecule has 1 aliphatic heterocycles. The van der Waals surface area contributed by atoms with Gasteiger partial charge in [-0.1, -0.05) is 18.2 Å². The Hall–Kier alpha value is -0.480. The number of ether oxygens (including phenoxy) is 1. The molecule has 0 atom stereocenters. The normalized spacial score (nSPS) is 16.5. The van der Waals surface area contributed by atoms with E-state index in [2.05, 4.69) is 16.8 Å². The van der Waals surface area contributed by atoms with Crippen molar-refractivity contribution in [3.8, 4) is 5.75 Å². The Morgan fingerprint density at radius 1 is 1.00 bits per heavy atom. The molecule has 1 saturated heterocycles. The van der Waals surface area contributed by atoms with Gasteiger partial charge in [0.1, 0.15) is 12.4 Å². The van der Waals surface area contributed by atoms with Crippen molar-refractivity contribution < 1.29 is 29.6 Å². The number of nitrogens with zero attached hydrogens (tertiary/aromatic N) is 2. The van der Waals surface area contributed by atoms with Crippen LogP contribution in [0, 0.1) is 0 Å². The molecule has 18 heavy (non-hydrogen) atoms. The van der Waals surface area contributed by atoms with E-state index in [-0.39, 0.29) is 24.8 Å². The van der Waals surface area contributed by atoms with Crippen LogP contribution in [0.15, 0.2) is 30.3 Å². The Labute approximate surface area is 122 Å². The van der Waals surface area contributed by atoms with Crippen LogP contribution < -0.4 is 29.6 Å². The maximum absolute atomic E-state index is 5.68. The van der Waals surface area contributed by atoms with Crippen molar-refractivity contribution in [1.82, 2.24) is 9.80 Å². The summed E-state index contributed by atoms with van der Waals surface area (Å²) in [4.78, 5) is 4.83. The molecule has 0 bridgehead atoms. The SMILES string of the molecule is CN1CCN(CCOc2ccccc2)CC1.[Cl-].[Cl-]. The van der Waals surface area contributed by atoms with Crippen LogP contribution in [-0.4, -0.2) is 56.2 Å². The zero-order valence-corrected chi connectivity index (χ0v) is 12.2. The first kappa shape index (κ1) is 17.5. The highest BCUT2D eigenvalue weighted by atomic mass is 35.5. The van der Waals surface area contributed by atoms with Crippen molar-refractivity contribution in [3.05, 3.63) is 30.3 Å². The summed E-state index contributed by atoms with van der Waals surface area (Å²) in [5, 5.41) is 0. The number of para-hydroxylation sites is 1. The van der Waals surface area contributed by atoms with Crippen LogP contribution in [-0.2, 0) is 0 Å². The van der Waals surface area contributed by atoms with Crippen molar-refractivity contribution in [2.75, 3.05) is 46.4 Å². The molecule has 0 unspecified atom stereocenters. The second-order valence-electron chi connectivity index (χ2n) is 4.31. The Balaban J connectivity index is 0.00000144. The van der Waals surface area contributed by atoms with Crippen LogP contribution in [0.3, 0.4) is 0 Å². The molecule has 0 amide bonds. The number of hydrogen-bond donors (Lipinski definition) is 0. The summed E-state index contributed by atoms with van der Waals surface area (Å²) in [7, 11) is 2.18. The van der Waals surface area contributed by atoms with Crippen molar-refractivity contribution in [2.45, 2.75) is 0 Å². The summed E-state index contributed by atoms with van der Waals surface area (Å²) in [5.74, 6) is 0.969. The molecule has 5 heteroatoms. The molecule has 0 aromatic heterocycles. The summed E-state index contributed by atoms with van der Waals surface area (Å²) in [6.45, 7) is 6.48. The van der Waals surface area contributed by atoms with E-state index in [9.17, 15) is 0 Å². The third-order valence-electron chi connectivity index (χ3n) is 3.02. The summed E-state index contributed by atoms with van der Waals surface area (Å²) < 4.78 is 5.68. The zero-order chi connectivity index (χ0) is 11.2. The molecule has 0 spiro atoms. The standard InChI is InChI=1S/C13H20N2O.2ClH/c1-14-7-9-15(10-8-14)11-12-16-13-5-3-2-4-6-13;;/h2-6H,7-12H2,1H3;2*1H/p-2. The van der Waals surface area contributed by atoms with Gasteiger partial charge in [0.2, 0.25) is 0 Å². The maximum Gasteiger partial charge on any atom is 0.119 e. The lowest BCUT2D eigenvalue weighted by atomic mass is 10.3. The first-order valence-electron chi connectivity index (χ1n) is 5.93. The van der Waals surface area contributed by atoms with Crippen LogP contribution in [0.25, 0.3) is 0 Å². The number of halogens is 2. The molecule has 1 aromatic carbocycles. The molecule has 0 radical (unpaired) electrons. The Kier molecular flexibility index (Phi) is 9.20. The summed E-state index contributed by atoms with van der Waals surface area (Å²) in [6.07, 6.45) is 0. The van der Waals surface area contributed by atoms with E-state index in [4.69, 9.17) is 4.74 Å². The first-order chi connectivity index (χ1) is 7.84. The Morgan fingerprint density at radius 3 is 2.22 bits per heavy atom. The van der Waals surface area contributed by atoms with Gasteiger partial charge in [0.05, 0.1) is 0 Å². The molecule has 1 heterocycles. The van der Waals surface area contributed by atoms with E-state index in [1.807, 2.05) is 30.3 Å².